The minimum absolute atomic E-state index is 0. The molecule has 0 bridgehead atoms. The van der Waals surface area contributed by atoms with E-state index in [0.29, 0.717) is 11.7 Å². The molecular formula is C26H37ClN6O2. The van der Waals surface area contributed by atoms with E-state index in [1.54, 1.807) is 14.2 Å². The SMILES string of the molecule is COc1cccc(C(c2nnnn2CCC(C)C)N2CCN(Cc3ccccc3)CC2)c1OC.Cl. The Bertz CT molecular complexity index is 1040. The Labute approximate surface area is 214 Å². The van der Waals surface area contributed by atoms with E-state index in [-0.39, 0.29) is 18.4 Å². The quantitative estimate of drug-likeness (QED) is 0.415. The number of aromatic nitrogens is 4. The smallest absolute Gasteiger partial charge is 0.173 e. The molecule has 0 saturated carbocycles. The van der Waals surface area contributed by atoms with Crippen molar-refractivity contribution in [2.24, 2.45) is 5.92 Å². The van der Waals surface area contributed by atoms with Gasteiger partial charge in [0.15, 0.2) is 17.3 Å². The van der Waals surface area contributed by atoms with Gasteiger partial charge in [0.05, 0.1) is 14.2 Å². The van der Waals surface area contributed by atoms with Crippen molar-refractivity contribution in [1.82, 2.24) is 30.0 Å². The fourth-order valence-corrected chi connectivity index (χ4v) is 4.59. The highest BCUT2D eigenvalue weighted by Crippen LogP contribution is 2.39. The van der Waals surface area contributed by atoms with Gasteiger partial charge in [-0.25, -0.2) is 4.68 Å². The largest absolute Gasteiger partial charge is 0.493 e. The third-order valence-corrected chi connectivity index (χ3v) is 6.47. The van der Waals surface area contributed by atoms with E-state index in [0.717, 1.165) is 62.8 Å². The number of para-hydroxylation sites is 1. The number of tetrazole rings is 1. The number of hydrogen-bond donors (Lipinski definition) is 0. The number of nitrogens with zero attached hydrogens (tertiary/aromatic N) is 6. The first-order valence-electron chi connectivity index (χ1n) is 12.1. The second-order valence-electron chi connectivity index (χ2n) is 9.23. The molecule has 8 nitrogen and oxygen atoms in total. The molecule has 1 unspecified atom stereocenters. The van der Waals surface area contributed by atoms with Crippen LogP contribution >= 0.6 is 12.4 Å². The molecule has 0 aliphatic carbocycles. The van der Waals surface area contributed by atoms with Crippen molar-refractivity contribution in [2.45, 2.75) is 39.4 Å². The van der Waals surface area contributed by atoms with Crippen LogP contribution < -0.4 is 9.47 Å². The van der Waals surface area contributed by atoms with E-state index in [1.165, 1.54) is 5.56 Å². The van der Waals surface area contributed by atoms with Crippen molar-refractivity contribution in [1.29, 1.82) is 0 Å². The second-order valence-corrected chi connectivity index (χ2v) is 9.23. The summed E-state index contributed by atoms with van der Waals surface area (Å²) in [6.45, 7) is 9.97. The summed E-state index contributed by atoms with van der Waals surface area (Å²) in [7, 11) is 3.36. The fourth-order valence-electron chi connectivity index (χ4n) is 4.59. The first kappa shape index (κ1) is 26.9. The van der Waals surface area contributed by atoms with Gasteiger partial charge in [-0.3, -0.25) is 9.80 Å². The summed E-state index contributed by atoms with van der Waals surface area (Å²) in [6.07, 6.45) is 1.02. The molecule has 0 spiro atoms. The molecule has 190 valence electrons. The molecule has 2 heterocycles. The predicted molar refractivity (Wildman–Crippen MR) is 139 cm³/mol. The maximum absolute atomic E-state index is 5.84. The zero-order valence-electron chi connectivity index (χ0n) is 21.1. The van der Waals surface area contributed by atoms with Crippen LogP contribution in [0.4, 0.5) is 0 Å². The van der Waals surface area contributed by atoms with Crippen LogP contribution in [0.3, 0.4) is 0 Å². The van der Waals surface area contributed by atoms with Gasteiger partial charge >= 0.3 is 0 Å². The van der Waals surface area contributed by atoms with E-state index < -0.39 is 0 Å². The lowest BCUT2D eigenvalue weighted by Crippen LogP contribution is -2.48. The van der Waals surface area contributed by atoms with E-state index >= 15 is 0 Å². The summed E-state index contributed by atoms with van der Waals surface area (Å²) in [4.78, 5) is 4.98. The minimum Gasteiger partial charge on any atom is -0.493 e. The van der Waals surface area contributed by atoms with Gasteiger partial charge in [0, 0.05) is 44.8 Å². The van der Waals surface area contributed by atoms with E-state index in [4.69, 9.17) is 9.47 Å². The summed E-state index contributed by atoms with van der Waals surface area (Å²) in [5, 5.41) is 12.9. The average Bonchev–Trinajstić information content (AvgIpc) is 3.32. The van der Waals surface area contributed by atoms with Gasteiger partial charge in [-0.05, 0) is 34.4 Å². The Morgan fingerprint density at radius 2 is 1.66 bits per heavy atom. The number of piperazine rings is 1. The highest BCUT2D eigenvalue weighted by atomic mass is 35.5. The zero-order valence-corrected chi connectivity index (χ0v) is 21.9. The Kier molecular flexibility index (Phi) is 9.89. The van der Waals surface area contributed by atoms with Crippen molar-refractivity contribution in [2.75, 3.05) is 40.4 Å². The van der Waals surface area contributed by atoms with Gasteiger partial charge in [0.25, 0.3) is 0 Å². The summed E-state index contributed by atoms with van der Waals surface area (Å²) in [5.74, 6) is 2.88. The van der Waals surface area contributed by atoms with Crippen molar-refractivity contribution < 1.29 is 9.47 Å². The zero-order chi connectivity index (χ0) is 23.9. The highest BCUT2D eigenvalue weighted by molar-refractivity contribution is 5.85. The Hall–Kier alpha value is -2.68. The number of hydrogen-bond acceptors (Lipinski definition) is 7. The van der Waals surface area contributed by atoms with Crippen LogP contribution in [0.25, 0.3) is 0 Å². The summed E-state index contributed by atoms with van der Waals surface area (Å²) < 4.78 is 13.4. The van der Waals surface area contributed by atoms with Gasteiger partial charge in [0.1, 0.15) is 6.04 Å². The van der Waals surface area contributed by atoms with E-state index in [1.807, 2.05) is 16.8 Å². The lowest BCUT2D eigenvalue weighted by atomic mass is 10.0. The highest BCUT2D eigenvalue weighted by Gasteiger charge is 2.33. The molecule has 0 amide bonds. The Morgan fingerprint density at radius 1 is 0.914 bits per heavy atom. The average molecular weight is 501 g/mol. The van der Waals surface area contributed by atoms with Crippen molar-refractivity contribution in [3.63, 3.8) is 0 Å². The lowest BCUT2D eigenvalue weighted by Gasteiger charge is -2.39. The van der Waals surface area contributed by atoms with Crippen LogP contribution in [-0.4, -0.2) is 70.4 Å². The third kappa shape index (κ3) is 6.51. The summed E-state index contributed by atoms with van der Waals surface area (Å²) in [5.41, 5.74) is 2.37. The third-order valence-electron chi connectivity index (χ3n) is 6.47. The van der Waals surface area contributed by atoms with Crippen molar-refractivity contribution >= 4 is 12.4 Å². The Balaban J connectivity index is 0.00000342. The van der Waals surface area contributed by atoms with Crippen LogP contribution in [0.5, 0.6) is 11.5 Å². The van der Waals surface area contributed by atoms with Gasteiger partial charge in [-0.15, -0.1) is 17.5 Å². The predicted octanol–water partition coefficient (Wildman–Crippen LogP) is 4.07. The topological polar surface area (TPSA) is 68.5 Å². The molecule has 4 rings (SSSR count). The molecule has 2 aromatic carbocycles. The van der Waals surface area contributed by atoms with Gasteiger partial charge in [0.2, 0.25) is 0 Å². The van der Waals surface area contributed by atoms with E-state index in [9.17, 15) is 0 Å². The van der Waals surface area contributed by atoms with Crippen molar-refractivity contribution in [3.8, 4) is 11.5 Å². The van der Waals surface area contributed by atoms with Gasteiger partial charge in [-0.1, -0.05) is 56.3 Å². The standard InChI is InChI=1S/C26H36N6O2.ClH/c1-20(2)13-14-32-26(27-28-29-32)24(22-11-8-12-23(33-3)25(22)34-4)31-17-15-30(16-18-31)19-21-9-6-5-7-10-21;/h5-12,20,24H,13-19H2,1-4H3;1H. The fraction of sp³-hybridized carbons (Fsp3) is 0.500. The molecule has 1 aromatic heterocycles. The molecule has 1 atom stereocenters. The normalized spacial score (nSPS) is 15.6. The number of ether oxygens (including phenoxy) is 2. The molecule has 1 fully saturated rings. The van der Waals surface area contributed by atoms with Crippen LogP contribution in [0.15, 0.2) is 48.5 Å². The Morgan fingerprint density at radius 3 is 2.31 bits per heavy atom. The molecule has 35 heavy (non-hydrogen) atoms. The van der Waals surface area contributed by atoms with Crippen LogP contribution in [-0.2, 0) is 13.1 Å². The number of benzene rings is 2. The molecule has 3 aromatic rings. The number of rotatable bonds is 10. The molecule has 9 heteroatoms. The second kappa shape index (κ2) is 12.9. The number of methoxy groups -OCH3 is 2. The van der Waals surface area contributed by atoms with Gasteiger partial charge < -0.3 is 9.47 Å². The molecule has 0 radical (unpaired) electrons. The molecular weight excluding hydrogens is 464 g/mol. The summed E-state index contributed by atoms with van der Waals surface area (Å²) in [6, 6.07) is 16.6. The number of halogens is 1. The van der Waals surface area contributed by atoms with Crippen LogP contribution in [0, 0.1) is 5.92 Å². The first-order valence-corrected chi connectivity index (χ1v) is 12.1. The van der Waals surface area contributed by atoms with Gasteiger partial charge in [-0.2, -0.15) is 0 Å². The van der Waals surface area contributed by atoms with Crippen LogP contribution in [0.1, 0.15) is 43.3 Å². The molecule has 1 aliphatic heterocycles. The molecule has 1 aliphatic rings. The monoisotopic (exact) mass is 500 g/mol. The molecule has 1 saturated heterocycles. The minimum atomic E-state index is -0.119. The van der Waals surface area contributed by atoms with Crippen LogP contribution in [0.2, 0.25) is 0 Å². The lowest BCUT2D eigenvalue weighted by molar-refractivity contribution is 0.0988. The maximum atomic E-state index is 5.84. The van der Waals surface area contributed by atoms with E-state index in [2.05, 4.69) is 75.6 Å². The number of aryl methyl sites for hydroxylation is 1. The van der Waals surface area contributed by atoms with Crippen molar-refractivity contribution in [3.05, 3.63) is 65.5 Å². The first-order chi connectivity index (χ1) is 16.6. The molecule has 0 N–H and O–H groups in total. The summed E-state index contributed by atoms with van der Waals surface area (Å²) >= 11 is 0. The maximum Gasteiger partial charge on any atom is 0.173 e.